The normalized spacial score (nSPS) is 22.9. The SMILES string of the molecule is CC(Nc1cc2c(c(C(F)(F)F)c1)N(C)[C@@H]1CCNC[C@H]21)c1ccccc1. The minimum Gasteiger partial charge on any atom is -0.378 e. The quantitative estimate of drug-likeness (QED) is 0.809. The van der Waals surface area contributed by atoms with Crippen LogP contribution in [0.2, 0.25) is 0 Å². The van der Waals surface area contributed by atoms with Gasteiger partial charge >= 0.3 is 6.18 Å². The van der Waals surface area contributed by atoms with Crippen LogP contribution in [0, 0.1) is 0 Å². The van der Waals surface area contributed by atoms with Crippen molar-refractivity contribution in [1.29, 1.82) is 0 Å². The molecule has 0 aliphatic carbocycles. The molecule has 27 heavy (non-hydrogen) atoms. The van der Waals surface area contributed by atoms with E-state index in [-0.39, 0.29) is 18.0 Å². The highest BCUT2D eigenvalue weighted by Gasteiger charge is 2.45. The first-order valence-electron chi connectivity index (χ1n) is 9.36. The fourth-order valence-electron chi connectivity index (χ4n) is 4.50. The summed E-state index contributed by atoms with van der Waals surface area (Å²) in [6, 6.07) is 13.0. The van der Waals surface area contributed by atoms with Gasteiger partial charge in [-0.05, 0) is 43.1 Å². The number of fused-ring (bicyclic) bond motifs is 3. The summed E-state index contributed by atoms with van der Waals surface area (Å²) < 4.78 is 41.6. The summed E-state index contributed by atoms with van der Waals surface area (Å²) in [7, 11) is 1.80. The number of anilines is 2. The van der Waals surface area contributed by atoms with Crippen LogP contribution in [-0.2, 0) is 6.18 Å². The smallest absolute Gasteiger partial charge is 0.378 e. The number of piperidine rings is 1. The van der Waals surface area contributed by atoms with Crippen LogP contribution in [0.4, 0.5) is 24.5 Å². The third-order valence-electron chi connectivity index (χ3n) is 5.82. The Morgan fingerprint density at radius 1 is 1.19 bits per heavy atom. The second-order valence-corrected chi connectivity index (χ2v) is 7.51. The molecule has 1 saturated heterocycles. The van der Waals surface area contributed by atoms with E-state index in [0.29, 0.717) is 11.4 Å². The fraction of sp³-hybridized carbons (Fsp3) is 0.429. The maximum absolute atomic E-state index is 13.9. The molecule has 0 bridgehead atoms. The minimum atomic E-state index is -4.38. The molecule has 2 N–H and O–H groups in total. The van der Waals surface area contributed by atoms with Gasteiger partial charge in [-0.2, -0.15) is 13.2 Å². The number of benzene rings is 2. The molecular weight excluding hydrogens is 351 g/mol. The molecule has 144 valence electrons. The molecule has 0 saturated carbocycles. The van der Waals surface area contributed by atoms with Crippen molar-refractivity contribution in [2.45, 2.75) is 37.5 Å². The van der Waals surface area contributed by atoms with E-state index in [1.54, 1.807) is 7.05 Å². The van der Waals surface area contributed by atoms with E-state index in [2.05, 4.69) is 10.6 Å². The molecule has 2 heterocycles. The minimum absolute atomic E-state index is 0.0789. The van der Waals surface area contributed by atoms with E-state index >= 15 is 0 Å². The van der Waals surface area contributed by atoms with E-state index in [9.17, 15) is 13.2 Å². The molecular formula is C21H24F3N3. The van der Waals surface area contributed by atoms with Crippen LogP contribution in [0.1, 0.15) is 42.0 Å². The van der Waals surface area contributed by atoms with Crippen LogP contribution >= 0.6 is 0 Å². The average molecular weight is 375 g/mol. The molecule has 2 aliphatic rings. The zero-order valence-corrected chi connectivity index (χ0v) is 15.5. The van der Waals surface area contributed by atoms with E-state index < -0.39 is 11.7 Å². The van der Waals surface area contributed by atoms with Crippen LogP contribution in [0.15, 0.2) is 42.5 Å². The van der Waals surface area contributed by atoms with Crippen LogP contribution in [0.3, 0.4) is 0 Å². The number of alkyl halides is 3. The summed E-state index contributed by atoms with van der Waals surface area (Å²) in [5, 5.41) is 6.61. The molecule has 4 rings (SSSR count). The first-order valence-corrected chi connectivity index (χ1v) is 9.36. The van der Waals surface area contributed by atoms with E-state index in [1.807, 2.05) is 48.2 Å². The summed E-state index contributed by atoms with van der Waals surface area (Å²) in [4.78, 5) is 1.84. The molecule has 3 atom stereocenters. The monoisotopic (exact) mass is 375 g/mol. The van der Waals surface area contributed by atoms with Crippen LogP contribution in [0.5, 0.6) is 0 Å². The standard InChI is InChI=1S/C21H24F3N3/c1-13(14-6-4-3-5-7-14)26-15-10-16-17-12-25-9-8-19(17)27(2)20(16)18(11-15)21(22,23)24/h3-7,10-11,13,17,19,25-26H,8-9,12H2,1-2H3/t13?,17-,19-/m1/s1. The van der Waals surface area contributed by atoms with Gasteiger partial charge in [-0.1, -0.05) is 30.3 Å². The van der Waals surface area contributed by atoms with Crippen molar-refractivity contribution in [3.63, 3.8) is 0 Å². The molecule has 2 aromatic carbocycles. The average Bonchev–Trinajstić information content (AvgIpc) is 2.94. The molecule has 0 radical (unpaired) electrons. The maximum atomic E-state index is 13.9. The Morgan fingerprint density at radius 3 is 2.63 bits per heavy atom. The summed E-state index contributed by atoms with van der Waals surface area (Å²) in [5.41, 5.74) is 2.17. The summed E-state index contributed by atoms with van der Waals surface area (Å²) in [5.74, 6) is 0.0913. The summed E-state index contributed by atoms with van der Waals surface area (Å²) in [6.07, 6.45) is -3.52. The summed E-state index contributed by atoms with van der Waals surface area (Å²) >= 11 is 0. The van der Waals surface area contributed by atoms with Gasteiger partial charge in [-0.15, -0.1) is 0 Å². The Bertz CT molecular complexity index is 819. The van der Waals surface area contributed by atoms with E-state index in [4.69, 9.17) is 0 Å². The Kier molecular flexibility index (Phi) is 4.54. The van der Waals surface area contributed by atoms with E-state index in [1.165, 1.54) is 6.07 Å². The lowest BCUT2D eigenvalue weighted by molar-refractivity contribution is -0.137. The molecule has 2 aromatic rings. The molecule has 6 heteroatoms. The Labute approximate surface area is 157 Å². The molecule has 1 fully saturated rings. The molecule has 0 spiro atoms. The predicted molar refractivity (Wildman–Crippen MR) is 102 cm³/mol. The van der Waals surface area contributed by atoms with Crippen molar-refractivity contribution in [3.8, 4) is 0 Å². The zero-order chi connectivity index (χ0) is 19.2. The van der Waals surface area contributed by atoms with Crippen molar-refractivity contribution in [2.75, 3.05) is 30.4 Å². The Morgan fingerprint density at radius 2 is 1.93 bits per heavy atom. The van der Waals surface area contributed by atoms with Gasteiger partial charge in [-0.25, -0.2) is 0 Å². The lowest BCUT2D eigenvalue weighted by Gasteiger charge is -2.31. The van der Waals surface area contributed by atoms with E-state index in [0.717, 1.165) is 30.6 Å². The number of hydrogen-bond donors (Lipinski definition) is 2. The van der Waals surface area contributed by atoms with Gasteiger partial charge < -0.3 is 15.5 Å². The van der Waals surface area contributed by atoms with Gasteiger partial charge in [0.1, 0.15) is 0 Å². The first-order chi connectivity index (χ1) is 12.9. The number of nitrogens with one attached hydrogen (secondary N) is 2. The zero-order valence-electron chi connectivity index (χ0n) is 15.5. The second kappa shape index (κ2) is 6.75. The molecule has 0 amide bonds. The van der Waals surface area contributed by atoms with Gasteiger partial charge in [0.2, 0.25) is 0 Å². The molecule has 1 unspecified atom stereocenters. The van der Waals surface area contributed by atoms with Crippen LogP contribution in [0.25, 0.3) is 0 Å². The van der Waals surface area contributed by atoms with Gasteiger partial charge in [0.05, 0.1) is 11.3 Å². The van der Waals surface area contributed by atoms with Crippen molar-refractivity contribution in [2.24, 2.45) is 0 Å². The third kappa shape index (κ3) is 3.27. The van der Waals surface area contributed by atoms with Crippen molar-refractivity contribution >= 4 is 11.4 Å². The molecule has 3 nitrogen and oxygen atoms in total. The van der Waals surface area contributed by atoms with Gasteiger partial charge in [-0.3, -0.25) is 0 Å². The first kappa shape index (κ1) is 18.2. The molecule has 2 aliphatic heterocycles. The number of halogens is 3. The van der Waals surface area contributed by atoms with Crippen LogP contribution in [-0.4, -0.2) is 26.2 Å². The highest BCUT2D eigenvalue weighted by molar-refractivity contribution is 5.72. The lowest BCUT2D eigenvalue weighted by atomic mass is 9.89. The van der Waals surface area contributed by atoms with Crippen molar-refractivity contribution in [1.82, 2.24) is 5.32 Å². The maximum Gasteiger partial charge on any atom is 0.418 e. The Balaban J connectivity index is 1.75. The number of nitrogens with zero attached hydrogens (tertiary/aromatic N) is 1. The van der Waals surface area contributed by atoms with Gasteiger partial charge in [0, 0.05) is 37.3 Å². The fourth-order valence-corrected chi connectivity index (χ4v) is 4.50. The number of likely N-dealkylation sites (N-methyl/N-ethyl adjacent to an activating group) is 1. The lowest BCUT2D eigenvalue weighted by Crippen LogP contribution is -2.42. The van der Waals surface area contributed by atoms with Crippen LogP contribution < -0.4 is 15.5 Å². The largest absolute Gasteiger partial charge is 0.418 e. The van der Waals surface area contributed by atoms with Gasteiger partial charge in [0.25, 0.3) is 0 Å². The van der Waals surface area contributed by atoms with Crippen molar-refractivity contribution in [3.05, 3.63) is 59.2 Å². The summed E-state index contributed by atoms with van der Waals surface area (Å²) in [6.45, 7) is 3.53. The topological polar surface area (TPSA) is 27.3 Å². The second-order valence-electron chi connectivity index (χ2n) is 7.51. The number of rotatable bonds is 3. The predicted octanol–water partition coefficient (Wildman–Crippen LogP) is 4.77. The van der Waals surface area contributed by atoms with Crippen molar-refractivity contribution < 1.29 is 13.2 Å². The number of hydrogen-bond acceptors (Lipinski definition) is 3. The van der Waals surface area contributed by atoms with Gasteiger partial charge in [0.15, 0.2) is 0 Å². The Hall–Kier alpha value is -2.21. The highest BCUT2D eigenvalue weighted by Crippen LogP contribution is 2.50. The third-order valence-corrected chi connectivity index (χ3v) is 5.82. The molecule has 0 aromatic heterocycles. The highest BCUT2D eigenvalue weighted by atomic mass is 19.4.